The number of carbonyl (C=O) groups excluding carboxylic acids is 1. The van der Waals surface area contributed by atoms with Gasteiger partial charge in [0.2, 0.25) is 17.6 Å². The second-order valence-corrected chi connectivity index (χ2v) is 7.21. The third kappa shape index (κ3) is 4.25. The van der Waals surface area contributed by atoms with Gasteiger partial charge in [-0.15, -0.1) is 11.3 Å². The van der Waals surface area contributed by atoms with Crippen molar-refractivity contribution in [3.63, 3.8) is 0 Å². The first kappa shape index (κ1) is 17.5. The predicted molar refractivity (Wildman–Crippen MR) is 105 cm³/mol. The van der Waals surface area contributed by atoms with Crippen LogP contribution in [0.2, 0.25) is 0 Å². The number of benzene rings is 1. The Kier molecular flexibility index (Phi) is 5.29. The third-order valence-electron chi connectivity index (χ3n) is 4.35. The highest BCUT2D eigenvalue weighted by molar-refractivity contribution is 7.13. The summed E-state index contributed by atoms with van der Waals surface area (Å²) in [6, 6.07) is 14.3. The topological polar surface area (TPSA) is 72.9 Å². The molecule has 0 unspecified atom stereocenters. The quantitative estimate of drug-likeness (QED) is 0.471. The summed E-state index contributed by atoms with van der Waals surface area (Å²) >= 11 is 1.56. The molecule has 1 aromatic carbocycles. The third-order valence-corrected chi connectivity index (χ3v) is 5.22. The number of nitrogens with zero attached hydrogens (tertiary/aromatic N) is 3. The van der Waals surface area contributed by atoms with E-state index in [1.807, 2.05) is 29.6 Å². The molecule has 138 valence electrons. The Morgan fingerprint density at radius 3 is 3.00 bits per heavy atom. The van der Waals surface area contributed by atoms with Crippen LogP contribution in [0, 0.1) is 0 Å². The van der Waals surface area contributed by atoms with Gasteiger partial charge in [-0.1, -0.05) is 29.4 Å². The van der Waals surface area contributed by atoms with Crippen molar-refractivity contribution >= 4 is 28.1 Å². The fourth-order valence-corrected chi connectivity index (χ4v) is 3.63. The predicted octanol–water partition coefficient (Wildman–Crippen LogP) is 3.89. The lowest BCUT2D eigenvalue weighted by atomic mass is 10.2. The van der Waals surface area contributed by atoms with Crippen LogP contribution in [0.4, 0.5) is 0 Å². The summed E-state index contributed by atoms with van der Waals surface area (Å²) in [6.45, 7) is 1.53. The average molecular weight is 380 g/mol. The largest absolute Gasteiger partial charge is 0.356 e. The van der Waals surface area contributed by atoms with Gasteiger partial charge in [0.25, 0.3) is 0 Å². The van der Waals surface area contributed by atoms with Gasteiger partial charge in [0.1, 0.15) is 0 Å². The molecule has 0 spiro atoms. The Bertz CT molecular complexity index is 1020. The van der Waals surface area contributed by atoms with Crippen LogP contribution < -0.4 is 5.32 Å². The molecule has 4 rings (SSSR count). The molecule has 0 fully saturated rings. The summed E-state index contributed by atoms with van der Waals surface area (Å²) in [7, 11) is 0. The van der Waals surface area contributed by atoms with E-state index >= 15 is 0 Å². The smallest absolute Gasteiger partial charge is 0.227 e. The van der Waals surface area contributed by atoms with E-state index in [-0.39, 0.29) is 5.91 Å². The number of thiophene rings is 1. The molecule has 0 saturated carbocycles. The fraction of sp³-hybridized carbons (Fsp3) is 0.250. The molecule has 27 heavy (non-hydrogen) atoms. The standard InChI is InChI=1S/C20H20N4O2S/c25-18(8-9-19-22-20(23-26-19)17-7-3-14-27-17)21-11-4-12-24-13-10-15-5-1-2-6-16(15)24/h1-3,5-7,10,13-14H,4,8-9,11-12H2,(H,21,25). The van der Waals surface area contributed by atoms with Crippen molar-refractivity contribution in [3.8, 4) is 10.7 Å². The zero-order chi connectivity index (χ0) is 18.5. The number of nitrogens with one attached hydrogen (secondary N) is 1. The monoisotopic (exact) mass is 380 g/mol. The van der Waals surface area contributed by atoms with E-state index < -0.39 is 0 Å². The molecule has 7 heteroatoms. The molecule has 1 amide bonds. The minimum atomic E-state index is 0.00300. The van der Waals surface area contributed by atoms with Crippen LogP contribution in [-0.4, -0.2) is 27.2 Å². The lowest BCUT2D eigenvalue weighted by Gasteiger charge is -2.07. The number of amides is 1. The van der Waals surface area contributed by atoms with Crippen LogP contribution in [-0.2, 0) is 17.8 Å². The van der Waals surface area contributed by atoms with Gasteiger partial charge in [-0.05, 0) is 35.4 Å². The number of fused-ring (bicyclic) bond motifs is 1. The lowest BCUT2D eigenvalue weighted by Crippen LogP contribution is -2.25. The first-order chi connectivity index (χ1) is 13.3. The molecule has 1 N–H and O–H groups in total. The van der Waals surface area contributed by atoms with E-state index in [0.717, 1.165) is 17.8 Å². The summed E-state index contributed by atoms with van der Waals surface area (Å²) in [6.07, 6.45) is 3.77. The number of aryl methyl sites for hydroxylation is 2. The maximum absolute atomic E-state index is 12.0. The van der Waals surface area contributed by atoms with Crippen LogP contribution >= 0.6 is 11.3 Å². The van der Waals surface area contributed by atoms with Crippen molar-refractivity contribution < 1.29 is 9.32 Å². The molecular weight excluding hydrogens is 360 g/mol. The summed E-state index contributed by atoms with van der Waals surface area (Å²) < 4.78 is 7.43. The molecule has 0 aliphatic heterocycles. The van der Waals surface area contributed by atoms with Gasteiger partial charge in [0, 0.05) is 37.6 Å². The first-order valence-corrected chi connectivity index (χ1v) is 9.84. The van der Waals surface area contributed by atoms with Gasteiger partial charge in [-0.2, -0.15) is 4.98 Å². The molecule has 4 aromatic rings. The second-order valence-electron chi connectivity index (χ2n) is 6.26. The maximum atomic E-state index is 12.0. The Morgan fingerprint density at radius 2 is 2.11 bits per heavy atom. The Hall–Kier alpha value is -2.93. The van der Waals surface area contributed by atoms with Gasteiger partial charge in [0.05, 0.1) is 4.88 Å². The highest BCUT2D eigenvalue weighted by atomic mass is 32.1. The summed E-state index contributed by atoms with van der Waals surface area (Å²) in [5, 5.41) is 10.1. The number of aromatic nitrogens is 3. The van der Waals surface area contributed by atoms with Crippen LogP contribution in [0.25, 0.3) is 21.6 Å². The lowest BCUT2D eigenvalue weighted by molar-refractivity contribution is -0.121. The Morgan fingerprint density at radius 1 is 1.19 bits per heavy atom. The SMILES string of the molecule is O=C(CCc1nc(-c2cccs2)no1)NCCCn1ccc2ccccc21. The van der Waals surface area contributed by atoms with Gasteiger partial charge < -0.3 is 14.4 Å². The van der Waals surface area contributed by atoms with Crippen LogP contribution in [0.5, 0.6) is 0 Å². The van der Waals surface area contributed by atoms with Crippen molar-refractivity contribution in [1.29, 1.82) is 0 Å². The van der Waals surface area contributed by atoms with Gasteiger partial charge in [-0.25, -0.2) is 0 Å². The molecular formula is C20H20N4O2S. The van der Waals surface area contributed by atoms with Gasteiger partial charge in [-0.3, -0.25) is 4.79 Å². The molecule has 0 saturated heterocycles. The molecule has 3 heterocycles. The van der Waals surface area contributed by atoms with Gasteiger partial charge in [0.15, 0.2) is 0 Å². The normalized spacial score (nSPS) is 11.1. The van der Waals surface area contributed by atoms with Crippen LogP contribution in [0.3, 0.4) is 0 Å². The van der Waals surface area contributed by atoms with E-state index in [9.17, 15) is 4.79 Å². The molecule has 0 radical (unpaired) electrons. The Balaban J connectivity index is 1.19. The number of hydrogen-bond acceptors (Lipinski definition) is 5. The van der Waals surface area contributed by atoms with E-state index in [0.29, 0.717) is 31.1 Å². The van der Waals surface area contributed by atoms with E-state index in [1.165, 1.54) is 10.9 Å². The Labute approximate surface area is 160 Å². The van der Waals surface area contributed by atoms with Crippen molar-refractivity contribution in [2.75, 3.05) is 6.54 Å². The van der Waals surface area contributed by atoms with Gasteiger partial charge >= 0.3 is 0 Å². The highest BCUT2D eigenvalue weighted by Gasteiger charge is 2.11. The first-order valence-electron chi connectivity index (χ1n) is 8.96. The highest BCUT2D eigenvalue weighted by Crippen LogP contribution is 2.21. The van der Waals surface area contributed by atoms with Crippen LogP contribution in [0.1, 0.15) is 18.7 Å². The minimum absolute atomic E-state index is 0.00300. The van der Waals surface area contributed by atoms with Crippen molar-refractivity contribution in [3.05, 3.63) is 59.9 Å². The molecule has 0 aliphatic carbocycles. The summed E-state index contributed by atoms with van der Waals surface area (Å²) in [4.78, 5) is 17.3. The summed E-state index contributed by atoms with van der Waals surface area (Å²) in [5.74, 6) is 1.08. The number of para-hydroxylation sites is 1. The summed E-state index contributed by atoms with van der Waals surface area (Å²) in [5.41, 5.74) is 1.22. The number of hydrogen-bond donors (Lipinski definition) is 1. The zero-order valence-electron chi connectivity index (χ0n) is 14.8. The second kappa shape index (κ2) is 8.18. The zero-order valence-corrected chi connectivity index (χ0v) is 15.6. The maximum Gasteiger partial charge on any atom is 0.227 e. The molecule has 6 nitrogen and oxygen atoms in total. The molecule has 0 atom stereocenters. The molecule has 0 aliphatic rings. The van der Waals surface area contributed by atoms with Crippen molar-refractivity contribution in [2.24, 2.45) is 0 Å². The molecule has 3 aromatic heterocycles. The van der Waals surface area contributed by atoms with Crippen molar-refractivity contribution in [2.45, 2.75) is 25.8 Å². The van der Waals surface area contributed by atoms with E-state index in [2.05, 4.69) is 44.4 Å². The number of rotatable bonds is 8. The van der Waals surface area contributed by atoms with E-state index in [4.69, 9.17) is 4.52 Å². The van der Waals surface area contributed by atoms with Crippen molar-refractivity contribution in [1.82, 2.24) is 20.0 Å². The average Bonchev–Trinajstić information content (AvgIpc) is 3.44. The number of carbonyl (C=O) groups is 1. The van der Waals surface area contributed by atoms with E-state index in [1.54, 1.807) is 11.3 Å². The fourth-order valence-electron chi connectivity index (χ4n) is 2.98. The minimum Gasteiger partial charge on any atom is -0.356 e. The molecule has 0 bridgehead atoms. The van der Waals surface area contributed by atoms with Crippen LogP contribution in [0.15, 0.2) is 58.6 Å².